The van der Waals surface area contributed by atoms with Crippen molar-refractivity contribution in [1.82, 2.24) is 10.2 Å². The Balaban J connectivity index is 1.80. The molecule has 4 amide bonds. The molecule has 20 heavy (non-hydrogen) atoms. The molecule has 5 heteroatoms. The van der Waals surface area contributed by atoms with Crippen LogP contribution in [0.5, 0.6) is 0 Å². The van der Waals surface area contributed by atoms with Crippen molar-refractivity contribution in [3.63, 3.8) is 0 Å². The Bertz CT molecular complexity index is 470. The molecule has 0 unspecified atom stereocenters. The lowest BCUT2D eigenvalue weighted by Gasteiger charge is -2.48. The molecule has 0 aromatic rings. The molecule has 0 radical (unpaired) electrons. The monoisotopic (exact) mass is 278 g/mol. The van der Waals surface area contributed by atoms with Crippen LogP contribution in [0.4, 0.5) is 4.79 Å². The Labute approximate surface area is 119 Å². The number of amides is 4. The Morgan fingerprint density at radius 1 is 1.05 bits per heavy atom. The van der Waals surface area contributed by atoms with E-state index in [0.717, 1.165) is 32.1 Å². The number of hydrogen-bond acceptors (Lipinski definition) is 3. The van der Waals surface area contributed by atoms with Crippen LogP contribution in [0.25, 0.3) is 0 Å². The van der Waals surface area contributed by atoms with Crippen LogP contribution in [0.3, 0.4) is 0 Å². The Morgan fingerprint density at radius 3 is 2.15 bits per heavy atom. The summed E-state index contributed by atoms with van der Waals surface area (Å²) < 4.78 is 0. The Morgan fingerprint density at radius 2 is 1.65 bits per heavy atom. The number of nitrogens with one attached hydrogen (secondary N) is 1. The average Bonchev–Trinajstić information content (AvgIpc) is 2.29. The molecule has 1 spiro atoms. The van der Waals surface area contributed by atoms with Crippen molar-refractivity contribution in [2.24, 2.45) is 10.8 Å². The maximum atomic E-state index is 12.7. The van der Waals surface area contributed by atoms with E-state index in [1.807, 2.05) is 0 Å². The molecule has 1 saturated heterocycles. The molecule has 2 aliphatic carbocycles. The molecule has 0 aromatic carbocycles. The van der Waals surface area contributed by atoms with Crippen molar-refractivity contribution in [3.05, 3.63) is 0 Å². The Kier molecular flexibility index (Phi) is 2.92. The number of hydrogen-bond donors (Lipinski definition) is 1. The molecule has 1 N–H and O–H groups in total. The minimum atomic E-state index is -0.930. The fourth-order valence-corrected chi connectivity index (χ4v) is 3.64. The van der Waals surface area contributed by atoms with Gasteiger partial charge in [0.25, 0.3) is 0 Å². The van der Waals surface area contributed by atoms with Crippen molar-refractivity contribution in [2.45, 2.75) is 64.8 Å². The van der Waals surface area contributed by atoms with Crippen LogP contribution in [0.1, 0.15) is 58.8 Å². The molecule has 0 bridgehead atoms. The predicted molar refractivity (Wildman–Crippen MR) is 72.7 cm³/mol. The second-order valence-electron chi connectivity index (χ2n) is 7.27. The van der Waals surface area contributed by atoms with Crippen molar-refractivity contribution < 1.29 is 14.4 Å². The zero-order valence-corrected chi connectivity index (χ0v) is 12.2. The number of rotatable bonds is 1. The lowest BCUT2D eigenvalue weighted by Crippen LogP contribution is -2.68. The number of nitrogens with zero attached hydrogens (tertiary/aromatic N) is 1. The molecule has 3 fully saturated rings. The largest absolute Gasteiger partial charge is 0.331 e. The van der Waals surface area contributed by atoms with E-state index in [0.29, 0.717) is 12.8 Å². The van der Waals surface area contributed by atoms with Gasteiger partial charge in [0, 0.05) is 6.04 Å². The molecule has 1 heterocycles. The summed E-state index contributed by atoms with van der Waals surface area (Å²) in [6, 6.07) is -0.552. The molecule has 3 aliphatic rings. The molecule has 5 nitrogen and oxygen atoms in total. The SMILES string of the molecule is CC1(C)CCC(N2C(=O)NC(=O)C3(CCC3)C2=O)CC1. The summed E-state index contributed by atoms with van der Waals surface area (Å²) in [4.78, 5) is 38.1. The van der Waals surface area contributed by atoms with Gasteiger partial charge in [0.15, 0.2) is 0 Å². The zero-order chi connectivity index (χ0) is 14.5. The number of imide groups is 2. The van der Waals surface area contributed by atoms with Gasteiger partial charge in [0.05, 0.1) is 0 Å². The van der Waals surface area contributed by atoms with Crippen LogP contribution in [0, 0.1) is 10.8 Å². The van der Waals surface area contributed by atoms with Gasteiger partial charge >= 0.3 is 6.03 Å². The summed E-state index contributed by atoms with van der Waals surface area (Å²) >= 11 is 0. The number of urea groups is 1. The lowest BCUT2D eigenvalue weighted by molar-refractivity contribution is -0.159. The highest BCUT2D eigenvalue weighted by molar-refractivity contribution is 6.19. The summed E-state index contributed by atoms with van der Waals surface area (Å²) in [5.74, 6) is -0.631. The van der Waals surface area contributed by atoms with E-state index < -0.39 is 11.4 Å². The van der Waals surface area contributed by atoms with Gasteiger partial charge in [-0.3, -0.25) is 19.8 Å². The molecule has 0 aromatic heterocycles. The van der Waals surface area contributed by atoms with E-state index >= 15 is 0 Å². The van der Waals surface area contributed by atoms with E-state index in [-0.39, 0.29) is 23.3 Å². The van der Waals surface area contributed by atoms with Gasteiger partial charge in [-0.2, -0.15) is 0 Å². The zero-order valence-electron chi connectivity index (χ0n) is 12.2. The average molecular weight is 278 g/mol. The molecular weight excluding hydrogens is 256 g/mol. The van der Waals surface area contributed by atoms with Gasteiger partial charge in [0.1, 0.15) is 5.41 Å². The van der Waals surface area contributed by atoms with Crippen molar-refractivity contribution in [1.29, 1.82) is 0 Å². The van der Waals surface area contributed by atoms with Gasteiger partial charge < -0.3 is 0 Å². The van der Waals surface area contributed by atoms with Crippen LogP contribution in [-0.4, -0.2) is 28.8 Å². The van der Waals surface area contributed by atoms with Crippen molar-refractivity contribution >= 4 is 17.8 Å². The second-order valence-corrected chi connectivity index (χ2v) is 7.27. The van der Waals surface area contributed by atoms with E-state index in [9.17, 15) is 14.4 Å². The highest BCUT2D eigenvalue weighted by Gasteiger charge is 2.58. The molecule has 1 aliphatic heterocycles. The number of carbonyl (C=O) groups is 3. The van der Waals surface area contributed by atoms with Crippen molar-refractivity contribution in [2.75, 3.05) is 0 Å². The smallest absolute Gasteiger partial charge is 0.277 e. The van der Waals surface area contributed by atoms with Gasteiger partial charge in [-0.25, -0.2) is 4.79 Å². The quantitative estimate of drug-likeness (QED) is 0.748. The molecule has 110 valence electrons. The number of barbiturate groups is 1. The second kappa shape index (κ2) is 4.30. The number of carbonyl (C=O) groups excluding carboxylic acids is 3. The summed E-state index contributed by atoms with van der Waals surface area (Å²) in [6.07, 6.45) is 5.76. The van der Waals surface area contributed by atoms with Gasteiger partial charge in [-0.15, -0.1) is 0 Å². The van der Waals surface area contributed by atoms with Crippen LogP contribution in [-0.2, 0) is 9.59 Å². The third-order valence-electron chi connectivity index (χ3n) is 5.38. The third-order valence-corrected chi connectivity index (χ3v) is 5.38. The summed E-state index contributed by atoms with van der Waals surface area (Å²) in [5, 5.41) is 2.40. The maximum Gasteiger partial charge on any atom is 0.331 e. The van der Waals surface area contributed by atoms with Gasteiger partial charge in [0.2, 0.25) is 11.8 Å². The van der Waals surface area contributed by atoms with E-state index in [2.05, 4.69) is 19.2 Å². The first-order valence-corrected chi connectivity index (χ1v) is 7.55. The summed E-state index contributed by atoms with van der Waals surface area (Å²) in [6.45, 7) is 4.44. The van der Waals surface area contributed by atoms with E-state index in [1.54, 1.807) is 0 Å². The van der Waals surface area contributed by atoms with Crippen LogP contribution in [0.15, 0.2) is 0 Å². The maximum absolute atomic E-state index is 12.7. The fourth-order valence-electron chi connectivity index (χ4n) is 3.64. The first-order chi connectivity index (χ1) is 9.36. The Hall–Kier alpha value is -1.39. The lowest BCUT2D eigenvalue weighted by atomic mass is 9.65. The highest BCUT2D eigenvalue weighted by Crippen LogP contribution is 2.46. The summed E-state index contributed by atoms with van der Waals surface area (Å²) in [5.41, 5.74) is -0.642. The van der Waals surface area contributed by atoms with E-state index in [4.69, 9.17) is 0 Å². The van der Waals surface area contributed by atoms with Crippen molar-refractivity contribution in [3.8, 4) is 0 Å². The first-order valence-electron chi connectivity index (χ1n) is 7.55. The topological polar surface area (TPSA) is 66.5 Å². The van der Waals surface area contributed by atoms with Crippen LogP contribution < -0.4 is 5.32 Å². The fraction of sp³-hybridized carbons (Fsp3) is 0.800. The van der Waals surface area contributed by atoms with Crippen LogP contribution >= 0.6 is 0 Å². The molecular formula is C15H22N2O3. The minimum absolute atomic E-state index is 0.0406. The molecule has 2 saturated carbocycles. The standard InChI is InChI=1S/C15H22N2O3/c1-14(2)8-4-10(5-9-14)17-12(19)15(6-3-7-15)11(18)16-13(17)20/h10H,3-9H2,1-2H3,(H,16,18,20). The molecule has 3 rings (SSSR count). The predicted octanol–water partition coefficient (Wildman–Crippen LogP) is 2.20. The minimum Gasteiger partial charge on any atom is -0.277 e. The van der Waals surface area contributed by atoms with Gasteiger partial charge in [-0.1, -0.05) is 20.3 Å². The highest BCUT2D eigenvalue weighted by atomic mass is 16.2. The van der Waals surface area contributed by atoms with E-state index in [1.165, 1.54) is 4.90 Å². The third kappa shape index (κ3) is 1.86. The van der Waals surface area contributed by atoms with Gasteiger partial charge in [-0.05, 0) is 43.9 Å². The molecule has 0 atom stereocenters. The normalized spacial score (nSPS) is 29.3. The summed E-state index contributed by atoms with van der Waals surface area (Å²) in [7, 11) is 0. The first kappa shape index (κ1) is 13.6. The van der Waals surface area contributed by atoms with Crippen LogP contribution in [0.2, 0.25) is 0 Å².